The molecule has 1 aliphatic rings. The summed E-state index contributed by atoms with van der Waals surface area (Å²) in [4.78, 5) is 12.3. The van der Waals surface area contributed by atoms with E-state index >= 15 is 0 Å². The van der Waals surface area contributed by atoms with E-state index in [1.54, 1.807) is 38.3 Å². The summed E-state index contributed by atoms with van der Waals surface area (Å²) in [6, 6.07) is 13.9. The molecular formula is C20H23N3O4S. The second kappa shape index (κ2) is 8.12. The van der Waals surface area contributed by atoms with Crippen molar-refractivity contribution in [2.75, 3.05) is 13.7 Å². The first-order valence-corrected chi connectivity index (χ1v) is 10.5. The number of amides is 1. The maximum atomic E-state index is 12.1. The Kier molecular flexibility index (Phi) is 5.81. The number of hydrogen-bond donors (Lipinski definition) is 1. The first kappa shape index (κ1) is 20.0. The molecular weight excluding hydrogens is 378 g/mol. The van der Waals surface area contributed by atoms with Crippen LogP contribution in [0.25, 0.3) is 0 Å². The van der Waals surface area contributed by atoms with Crippen molar-refractivity contribution < 1.29 is 17.9 Å². The SMILES string of the molecule is CCNS(=O)(=O)c1ccc(C2=NN(C(C)=O)C(c3ccc(OC)cc3)C2)cc1. The molecule has 0 aliphatic carbocycles. The van der Waals surface area contributed by atoms with Crippen LogP contribution in [0.15, 0.2) is 58.5 Å². The molecule has 1 atom stereocenters. The lowest BCUT2D eigenvalue weighted by Crippen LogP contribution is -2.24. The molecule has 1 aliphatic heterocycles. The molecule has 0 saturated heterocycles. The van der Waals surface area contributed by atoms with Crippen LogP contribution in [-0.4, -0.2) is 38.7 Å². The fourth-order valence-corrected chi connectivity index (χ4v) is 4.20. The van der Waals surface area contributed by atoms with Crippen LogP contribution in [0.2, 0.25) is 0 Å². The summed E-state index contributed by atoms with van der Waals surface area (Å²) in [7, 11) is -1.90. The van der Waals surface area contributed by atoms with Gasteiger partial charge in [-0.2, -0.15) is 5.10 Å². The standard InChI is InChI=1S/C20H23N3O4S/c1-4-21-28(25,26)18-11-7-15(8-12-18)19-13-20(23(22-19)14(2)24)16-5-9-17(27-3)10-6-16/h5-12,20-21H,4,13H2,1-3H3. The van der Waals surface area contributed by atoms with E-state index in [4.69, 9.17) is 4.74 Å². The zero-order chi connectivity index (χ0) is 20.3. The lowest BCUT2D eigenvalue weighted by Gasteiger charge is -2.20. The van der Waals surface area contributed by atoms with E-state index in [0.29, 0.717) is 13.0 Å². The molecule has 0 fully saturated rings. The Balaban J connectivity index is 1.86. The molecule has 3 rings (SSSR count). The monoisotopic (exact) mass is 401 g/mol. The topological polar surface area (TPSA) is 88.1 Å². The number of carbonyl (C=O) groups is 1. The van der Waals surface area contributed by atoms with Gasteiger partial charge in [0.1, 0.15) is 5.75 Å². The van der Waals surface area contributed by atoms with Gasteiger partial charge in [-0.25, -0.2) is 18.1 Å². The first-order chi connectivity index (χ1) is 13.4. The maximum Gasteiger partial charge on any atom is 0.240 e. The van der Waals surface area contributed by atoms with Crippen LogP contribution in [0.1, 0.15) is 37.4 Å². The number of carbonyl (C=O) groups excluding carboxylic acids is 1. The molecule has 0 aromatic heterocycles. The summed E-state index contributed by atoms with van der Waals surface area (Å²) in [5.74, 6) is 0.594. The quantitative estimate of drug-likeness (QED) is 0.806. The van der Waals surface area contributed by atoms with Gasteiger partial charge in [-0.15, -0.1) is 0 Å². The first-order valence-electron chi connectivity index (χ1n) is 8.97. The van der Waals surface area contributed by atoms with E-state index in [1.807, 2.05) is 24.3 Å². The summed E-state index contributed by atoms with van der Waals surface area (Å²) < 4.78 is 31.8. The molecule has 2 aromatic rings. The van der Waals surface area contributed by atoms with Gasteiger partial charge in [-0.3, -0.25) is 4.79 Å². The van der Waals surface area contributed by atoms with E-state index in [0.717, 1.165) is 22.6 Å². The van der Waals surface area contributed by atoms with Crippen molar-refractivity contribution in [3.05, 3.63) is 59.7 Å². The molecule has 2 aromatic carbocycles. The third kappa shape index (κ3) is 4.07. The van der Waals surface area contributed by atoms with E-state index in [-0.39, 0.29) is 16.8 Å². The lowest BCUT2D eigenvalue weighted by molar-refractivity contribution is -0.130. The molecule has 7 nitrogen and oxygen atoms in total. The second-order valence-corrected chi connectivity index (χ2v) is 8.20. The van der Waals surface area contributed by atoms with E-state index in [9.17, 15) is 13.2 Å². The molecule has 1 heterocycles. The maximum absolute atomic E-state index is 12.1. The van der Waals surface area contributed by atoms with Crippen LogP contribution in [0.3, 0.4) is 0 Å². The molecule has 148 valence electrons. The minimum atomic E-state index is -3.50. The number of methoxy groups -OCH3 is 1. The van der Waals surface area contributed by atoms with Crippen molar-refractivity contribution in [2.24, 2.45) is 5.10 Å². The molecule has 0 saturated carbocycles. The Hall–Kier alpha value is -2.71. The lowest BCUT2D eigenvalue weighted by atomic mass is 9.98. The van der Waals surface area contributed by atoms with Crippen LogP contribution < -0.4 is 9.46 Å². The molecule has 0 bridgehead atoms. The van der Waals surface area contributed by atoms with Gasteiger partial charge in [0.15, 0.2) is 0 Å². The van der Waals surface area contributed by atoms with Crippen LogP contribution in [0, 0.1) is 0 Å². The number of nitrogens with one attached hydrogen (secondary N) is 1. The Morgan fingerprint density at radius 1 is 1.18 bits per heavy atom. The third-order valence-electron chi connectivity index (χ3n) is 4.57. The highest BCUT2D eigenvalue weighted by atomic mass is 32.2. The van der Waals surface area contributed by atoms with Crippen LogP contribution in [-0.2, 0) is 14.8 Å². The number of sulfonamides is 1. The number of benzene rings is 2. The van der Waals surface area contributed by atoms with Gasteiger partial charge in [0.05, 0.1) is 23.8 Å². The van der Waals surface area contributed by atoms with Crippen molar-refractivity contribution in [1.29, 1.82) is 0 Å². The summed E-state index contributed by atoms with van der Waals surface area (Å²) in [6.07, 6.45) is 0.547. The molecule has 1 N–H and O–H groups in total. The average molecular weight is 401 g/mol. The van der Waals surface area contributed by atoms with E-state index < -0.39 is 10.0 Å². The Bertz CT molecular complexity index is 983. The van der Waals surface area contributed by atoms with E-state index in [1.165, 1.54) is 11.9 Å². The van der Waals surface area contributed by atoms with Gasteiger partial charge in [0, 0.05) is 19.9 Å². The third-order valence-corrected chi connectivity index (χ3v) is 6.13. The Morgan fingerprint density at radius 3 is 2.36 bits per heavy atom. The minimum absolute atomic E-state index is 0.151. The van der Waals surface area contributed by atoms with Crippen LogP contribution in [0.5, 0.6) is 5.75 Å². The molecule has 28 heavy (non-hydrogen) atoms. The number of nitrogens with zero attached hydrogens (tertiary/aromatic N) is 2. The normalized spacial score (nSPS) is 16.8. The van der Waals surface area contributed by atoms with Crippen LogP contribution in [0.4, 0.5) is 0 Å². The predicted molar refractivity (Wildman–Crippen MR) is 107 cm³/mol. The van der Waals surface area contributed by atoms with Crippen molar-refractivity contribution in [3.8, 4) is 5.75 Å². The number of rotatable bonds is 6. The van der Waals surface area contributed by atoms with E-state index in [2.05, 4.69) is 9.82 Å². The van der Waals surface area contributed by atoms with Crippen molar-refractivity contribution in [3.63, 3.8) is 0 Å². The summed E-state index contributed by atoms with van der Waals surface area (Å²) in [5, 5.41) is 5.96. The minimum Gasteiger partial charge on any atom is -0.497 e. The van der Waals surface area contributed by atoms with Gasteiger partial charge in [-0.05, 0) is 35.4 Å². The highest BCUT2D eigenvalue weighted by Crippen LogP contribution is 2.33. The van der Waals surface area contributed by atoms with Gasteiger partial charge in [-0.1, -0.05) is 31.2 Å². The van der Waals surface area contributed by atoms with Gasteiger partial charge >= 0.3 is 0 Å². The zero-order valence-electron chi connectivity index (χ0n) is 16.0. The van der Waals surface area contributed by atoms with Crippen molar-refractivity contribution >= 4 is 21.6 Å². The molecule has 8 heteroatoms. The Morgan fingerprint density at radius 2 is 1.82 bits per heavy atom. The van der Waals surface area contributed by atoms with Gasteiger partial charge < -0.3 is 4.74 Å². The number of hydrogen-bond acceptors (Lipinski definition) is 5. The van der Waals surface area contributed by atoms with Gasteiger partial charge in [0.2, 0.25) is 15.9 Å². The highest BCUT2D eigenvalue weighted by Gasteiger charge is 2.31. The molecule has 0 radical (unpaired) electrons. The number of ether oxygens (including phenoxy) is 1. The molecule has 0 spiro atoms. The van der Waals surface area contributed by atoms with Crippen molar-refractivity contribution in [1.82, 2.24) is 9.73 Å². The fourth-order valence-electron chi connectivity index (χ4n) is 3.16. The smallest absolute Gasteiger partial charge is 0.240 e. The largest absolute Gasteiger partial charge is 0.497 e. The average Bonchev–Trinajstić information content (AvgIpc) is 3.14. The molecule has 1 unspecified atom stereocenters. The predicted octanol–water partition coefficient (Wildman–Crippen LogP) is 2.69. The molecule has 1 amide bonds. The summed E-state index contributed by atoms with van der Waals surface area (Å²) >= 11 is 0. The Labute approximate surface area is 165 Å². The number of hydrazone groups is 1. The second-order valence-electron chi connectivity index (χ2n) is 6.43. The fraction of sp³-hybridized carbons (Fsp3) is 0.300. The summed E-state index contributed by atoms with van der Waals surface area (Å²) in [6.45, 7) is 3.54. The zero-order valence-corrected chi connectivity index (χ0v) is 16.9. The summed E-state index contributed by atoms with van der Waals surface area (Å²) in [5.41, 5.74) is 2.49. The van der Waals surface area contributed by atoms with Crippen LogP contribution >= 0.6 is 0 Å². The van der Waals surface area contributed by atoms with Crippen molar-refractivity contribution in [2.45, 2.75) is 31.2 Å². The highest BCUT2D eigenvalue weighted by molar-refractivity contribution is 7.89. The van der Waals surface area contributed by atoms with Gasteiger partial charge in [0.25, 0.3) is 0 Å².